The van der Waals surface area contributed by atoms with Crippen LogP contribution in [0.1, 0.15) is 5.01 Å². The lowest BCUT2D eigenvalue weighted by atomic mass is 10.2. The molecule has 0 radical (unpaired) electrons. The summed E-state index contributed by atoms with van der Waals surface area (Å²) in [6.07, 6.45) is 0. The maximum atomic E-state index is 12.3. The van der Waals surface area contributed by atoms with Crippen LogP contribution < -0.4 is 14.8 Å². The summed E-state index contributed by atoms with van der Waals surface area (Å²) in [5.41, 5.74) is 1.69. The third-order valence-corrected chi connectivity index (χ3v) is 6.06. The highest BCUT2D eigenvalue weighted by molar-refractivity contribution is 7.21. The molecular weight excluding hydrogens is 408 g/mol. The number of hydrogen-bond acceptors (Lipinski definition) is 7. The average Bonchev–Trinajstić information content (AvgIpc) is 3.33. The fourth-order valence-electron chi connectivity index (χ4n) is 2.92. The summed E-state index contributed by atoms with van der Waals surface area (Å²) in [5.74, 6) is 1.21. The quantitative estimate of drug-likeness (QED) is 0.406. The van der Waals surface area contributed by atoms with E-state index in [1.807, 2.05) is 24.4 Å². The summed E-state index contributed by atoms with van der Waals surface area (Å²) in [4.78, 5) is 16.9. The normalized spacial score (nSPS) is 11.1. The topological polar surface area (TPSA) is 69.7 Å². The number of nitrogens with zero attached hydrogens (tertiary/aromatic N) is 1. The predicted molar refractivity (Wildman–Crippen MR) is 118 cm³/mol. The number of amides is 1. The molecule has 0 atom stereocenters. The van der Waals surface area contributed by atoms with Crippen LogP contribution in [0.25, 0.3) is 20.3 Å². The number of fused-ring (bicyclic) bond motifs is 3. The highest BCUT2D eigenvalue weighted by Gasteiger charge is 2.13. The first-order valence-electron chi connectivity index (χ1n) is 9.06. The van der Waals surface area contributed by atoms with Gasteiger partial charge in [-0.05, 0) is 42.6 Å². The van der Waals surface area contributed by atoms with Gasteiger partial charge in [0.25, 0.3) is 5.91 Å². The highest BCUT2D eigenvalue weighted by atomic mass is 32.1. The van der Waals surface area contributed by atoms with Gasteiger partial charge in [0, 0.05) is 24.2 Å². The van der Waals surface area contributed by atoms with Crippen LogP contribution in [0.3, 0.4) is 0 Å². The monoisotopic (exact) mass is 428 g/mol. The van der Waals surface area contributed by atoms with Crippen molar-refractivity contribution in [3.63, 3.8) is 0 Å². The van der Waals surface area contributed by atoms with Gasteiger partial charge in [0.15, 0.2) is 6.61 Å². The highest BCUT2D eigenvalue weighted by Crippen LogP contribution is 2.38. The Balaban J connectivity index is 1.40. The van der Waals surface area contributed by atoms with Crippen LogP contribution in [0.15, 0.2) is 41.8 Å². The number of hydrogen-bond donors (Lipinski definition) is 1. The SMILES string of the molecule is COCCOc1ccc(NC(=O)COc2cc3sc(C)nc3c3sccc23)cc1. The molecule has 0 saturated carbocycles. The van der Waals surface area contributed by atoms with Crippen LogP contribution in [0, 0.1) is 6.92 Å². The Hall–Kier alpha value is -2.68. The molecule has 8 heteroatoms. The zero-order valence-corrected chi connectivity index (χ0v) is 17.7. The summed E-state index contributed by atoms with van der Waals surface area (Å²) in [7, 11) is 1.63. The van der Waals surface area contributed by atoms with Gasteiger partial charge in [0.05, 0.1) is 26.5 Å². The van der Waals surface area contributed by atoms with E-state index in [0.717, 1.165) is 31.1 Å². The molecule has 150 valence electrons. The minimum Gasteiger partial charge on any atom is -0.491 e. The zero-order chi connectivity index (χ0) is 20.2. The number of nitrogens with one attached hydrogen (secondary N) is 1. The van der Waals surface area contributed by atoms with Crippen LogP contribution in [0.2, 0.25) is 0 Å². The fourth-order valence-corrected chi connectivity index (χ4v) is 4.76. The van der Waals surface area contributed by atoms with Gasteiger partial charge < -0.3 is 19.5 Å². The molecule has 2 heterocycles. The van der Waals surface area contributed by atoms with Gasteiger partial charge >= 0.3 is 0 Å². The van der Waals surface area contributed by atoms with Crippen molar-refractivity contribution in [2.75, 3.05) is 32.2 Å². The molecule has 0 aliphatic heterocycles. The van der Waals surface area contributed by atoms with Crippen molar-refractivity contribution in [1.82, 2.24) is 4.98 Å². The van der Waals surface area contributed by atoms with E-state index in [4.69, 9.17) is 14.2 Å². The molecular formula is C21H20N2O4S2. The molecule has 1 N–H and O–H groups in total. The van der Waals surface area contributed by atoms with Gasteiger partial charge in [-0.15, -0.1) is 22.7 Å². The summed E-state index contributed by atoms with van der Waals surface area (Å²) in [6, 6.07) is 11.2. The van der Waals surface area contributed by atoms with Gasteiger partial charge in [-0.3, -0.25) is 4.79 Å². The van der Waals surface area contributed by atoms with Crippen molar-refractivity contribution in [2.45, 2.75) is 6.92 Å². The van der Waals surface area contributed by atoms with Crippen LogP contribution in [0.4, 0.5) is 5.69 Å². The summed E-state index contributed by atoms with van der Waals surface area (Å²) in [6.45, 7) is 2.93. The maximum Gasteiger partial charge on any atom is 0.262 e. The second-order valence-corrected chi connectivity index (χ2v) is 8.47. The van der Waals surface area contributed by atoms with Crippen LogP contribution in [-0.4, -0.2) is 37.8 Å². The largest absolute Gasteiger partial charge is 0.491 e. The number of rotatable bonds is 8. The fraction of sp³-hybridized carbons (Fsp3) is 0.238. The summed E-state index contributed by atoms with van der Waals surface area (Å²) in [5, 5.41) is 6.85. The molecule has 2 aromatic heterocycles. The number of thiophene rings is 1. The number of methoxy groups -OCH3 is 1. The number of thiazole rings is 1. The van der Waals surface area contributed by atoms with Crippen molar-refractivity contribution < 1.29 is 19.0 Å². The Labute approximate surface area is 176 Å². The molecule has 0 aliphatic rings. The maximum absolute atomic E-state index is 12.3. The third kappa shape index (κ3) is 4.50. The lowest BCUT2D eigenvalue weighted by molar-refractivity contribution is -0.118. The van der Waals surface area contributed by atoms with E-state index in [2.05, 4.69) is 10.3 Å². The molecule has 29 heavy (non-hydrogen) atoms. The van der Waals surface area contributed by atoms with Crippen LogP contribution in [-0.2, 0) is 9.53 Å². The molecule has 0 aliphatic carbocycles. The Kier molecular flexibility index (Phi) is 5.94. The smallest absolute Gasteiger partial charge is 0.262 e. The number of anilines is 1. The second kappa shape index (κ2) is 8.77. The van der Waals surface area contributed by atoms with Crippen molar-refractivity contribution >= 4 is 54.6 Å². The number of aryl methyl sites for hydroxylation is 1. The second-order valence-electron chi connectivity index (χ2n) is 6.32. The average molecular weight is 429 g/mol. The number of carbonyl (C=O) groups excluding carboxylic acids is 1. The van der Waals surface area contributed by atoms with E-state index >= 15 is 0 Å². The van der Waals surface area contributed by atoms with Gasteiger partial charge in [-0.25, -0.2) is 4.98 Å². The lowest BCUT2D eigenvalue weighted by Crippen LogP contribution is -2.20. The van der Waals surface area contributed by atoms with E-state index in [9.17, 15) is 4.79 Å². The summed E-state index contributed by atoms with van der Waals surface area (Å²) < 4.78 is 18.5. The summed E-state index contributed by atoms with van der Waals surface area (Å²) >= 11 is 3.26. The molecule has 1 amide bonds. The number of aromatic nitrogens is 1. The zero-order valence-electron chi connectivity index (χ0n) is 16.1. The van der Waals surface area contributed by atoms with E-state index in [0.29, 0.717) is 24.7 Å². The minimum absolute atomic E-state index is 0.0691. The molecule has 4 rings (SSSR count). The molecule has 0 spiro atoms. The van der Waals surface area contributed by atoms with Crippen molar-refractivity contribution in [1.29, 1.82) is 0 Å². The number of benzene rings is 2. The lowest BCUT2D eigenvalue weighted by Gasteiger charge is -2.10. The van der Waals surface area contributed by atoms with Crippen molar-refractivity contribution in [3.05, 3.63) is 46.8 Å². The van der Waals surface area contributed by atoms with Gasteiger partial charge in [0.1, 0.15) is 18.1 Å². The number of ether oxygens (including phenoxy) is 3. The molecule has 4 aromatic rings. The van der Waals surface area contributed by atoms with Gasteiger partial charge in [0.2, 0.25) is 0 Å². The van der Waals surface area contributed by atoms with Gasteiger partial charge in [-0.2, -0.15) is 0 Å². The minimum atomic E-state index is -0.220. The van der Waals surface area contributed by atoms with E-state index in [1.54, 1.807) is 54.0 Å². The van der Waals surface area contributed by atoms with Crippen LogP contribution >= 0.6 is 22.7 Å². The first kappa shape index (κ1) is 19.6. The molecule has 0 bridgehead atoms. The molecule has 0 unspecified atom stereocenters. The Morgan fingerprint density at radius 3 is 2.76 bits per heavy atom. The molecule has 6 nitrogen and oxygen atoms in total. The van der Waals surface area contributed by atoms with Crippen molar-refractivity contribution in [3.8, 4) is 11.5 Å². The first-order chi connectivity index (χ1) is 14.1. The van der Waals surface area contributed by atoms with Crippen molar-refractivity contribution in [2.24, 2.45) is 0 Å². The van der Waals surface area contributed by atoms with Gasteiger partial charge in [-0.1, -0.05) is 0 Å². The standard InChI is InChI=1S/C21H20N2O4S2/c1-13-22-20-18(29-13)11-17(16-7-10-28-21(16)20)27-12-19(24)23-14-3-5-15(6-4-14)26-9-8-25-2/h3-7,10-11H,8-9,12H2,1-2H3,(H,23,24). The number of carbonyl (C=O) groups is 1. The molecule has 2 aromatic carbocycles. The van der Waals surface area contributed by atoms with Crippen LogP contribution in [0.5, 0.6) is 11.5 Å². The Bertz CT molecular complexity index is 1130. The Morgan fingerprint density at radius 2 is 1.97 bits per heavy atom. The first-order valence-corrected chi connectivity index (χ1v) is 10.8. The molecule has 0 fully saturated rings. The molecule has 0 saturated heterocycles. The van der Waals surface area contributed by atoms with E-state index < -0.39 is 0 Å². The Morgan fingerprint density at radius 1 is 1.14 bits per heavy atom. The van der Waals surface area contributed by atoms with E-state index in [-0.39, 0.29) is 12.5 Å². The predicted octanol–water partition coefficient (Wildman–Crippen LogP) is 4.86. The van der Waals surface area contributed by atoms with E-state index in [1.165, 1.54) is 0 Å². The third-order valence-electron chi connectivity index (χ3n) is 4.22.